The van der Waals surface area contributed by atoms with E-state index in [2.05, 4.69) is 0 Å². The maximum atomic E-state index is 13.0. The molecule has 0 atom stereocenters. The van der Waals surface area contributed by atoms with E-state index in [1.807, 2.05) is 0 Å². The van der Waals surface area contributed by atoms with Crippen molar-refractivity contribution in [1.82, 2.24) is 0 Å². The zero-order valence-corrected chi connectivity index (χ0v) is 38.0. The van der Waals surface area contributed by atoms with E-state index in [9.17, 15) is 38.4 Å². The molecular formula is C45H44O16S4. The van der Waals surface area contributed by atoms with Gasteiger partial charge in [-0.2, -0.15) is 0 Å². The Hall–Kier alpha value is -5.96. The molecule has 0 amide bonds. The van der Waals surface area contributed by atoms with Crippen molar-refractivity contribution in [3.63, 3.8) is 0 Å². The molecule has 4 aromatic rings. The molecule has 0 heterocycles. The third kappa shape index (κ3) is 22.5. The van der Waals surface area contributed by atoms with Gasteiger partial charge in [0.25, 0.3) is 0 Å². The maximum Gasteiger partial charge on any atom is 0.372 e. The number of carbonyl (C=O) groups is 8. The van der Waals surface area contributed by atoms with Gasteiger partial charge in [-0.1, -0.05) is 72.8 Å². The number of para-hydroxylation sites is 4. The largest absolute Gasteiger partial charge is 0.465 e. The number of carbonyl (C=O) groups excluding carboxylic acids is 8. The van der Waals surface area contributed by atoms with Gasteiger partial charge >= 0.3 is 45.1 Å². The number of hydrogen-bond donors (Lipinski definition) is 0. The summed E-state index contributed by atoms with van der Waals surface area (Å²) in [4.78, 5) is 101. The monoisotopic (exact) mass is 968 g/mol. The van der Waals surface area contributed by atoms with Crippen LogP contribution in [0.1, 0.15) is 25.7 Å². The fourth-order valence-corrected chi connectivity index (χ4v) is 7.16. The Morgan fingerprint density at radius 2 is 0.523 bits per heavy atom. The quantitative estimate of drug-likeness (QED) is 0.0473. The second kappa shape index (κ2) is 29.5. The van der Waals surface area contributed by atoms with Crippen LogP contribution in [0.4, 0.5) is 19.2 Å². The molecule has 0 spiro atoms. The molecule has 16 nitrogen and oxygen atoms in total. The van der Waals surface area contributed by atoms with Gasteiger partial charge < -0.3 is 37.9 Å². The Bertz CT molecular complexity index is 1840. The van der Waals surface area contributed by atoms with Gasteiger partial charge in [-0.25, -0.2) is 19.2 Å². The molecule has 0 bridgehead atoms. The Morgan fingerprint density at radius 3 is 0.723 bits per heavy atom. The summed E-state index contributed by atoms with van der Waals surface area (Å²) in [6.07, 6.45) is -1.08. The summed E-state index contributed by atoms with van der Waals surface area (Å²) in [6, 6.07) is 33.3. The van der Waals surface area contributed by atoms with Gasteiger partial charge in [0, 0.05) is 23.0 Å². The second-order valence-electron chi connectivity index (χ2n) is 13.2. The number of ether oxygens (including phenoxy) is 8. The Morgan fingerprint density at radius 1 is 0.323 bits per heavy atom. The van der Waals surface area contributed by atoms with E-state index in [1.165, 1.54) is 0 Å². The van der Waals surface area contributed by atoms with Crippen LogP contribution >= 0.6 is 47.0 Å². The lowest BCUT2D eigenvalue weighted by Crippen LogP contribution is -2.44. The smallest absolute Gasteiger partial charge is 0.372 e. The number of benzene rings is 4. The summed E-state index contributed by atoms with van der Waals surface area (Å²) >= 11 is 2.92. The SMILES string of the molecule is O=C(CCSC(=O)Oc1ccccc1)OCC(COC(=O)CCSC(=O)Oc1ccccc1)(COC(=O)CCSC(=O)Oc1ccccc1)COC(=O)CCSC(=O)Oc1ccccc1. The van der Waals surface area contributed by atoms with Crippen LogP contribution in [0.15, 0.2) is 121 Å². The first kappa shape index (κ1) is 51.7. The van der Waals surface area contributed by atoms with Crippen LogP contribution in [0.3, 0.4) is 0 Å². The minimum atomic E-state index is -1.69. The van der Waals surface area contributed by atoms with E-state index in [-0.39, 0.29) is 48.7 Å². The summed E-state index contributed by atoms with van der Waals surface area (Å²) < 4.78 is 43.0. The van der Waals surface area contributed by atoms with Crippen LogP contribution in [0, 0.1) is 5.41 Å². The minimum absolute atomic E-state index is 0.0322. The molecule has 20 heteroatoms. The number of thioether (sulfide) groups is 4. The van der Waals surface area contributed by atoms with Crippen LogP contribution in [-0.2, 0) is 38.1 Å². The van der Waals surface area contributed by atoms with Crippen LogP contribution < -0.4 is 18.9 Å². The van der Waals surface area contributed by atoms with E-state index in [1.54, 1.807) is 121 Å². The highest BCUT2D eigenvalue weighted by molar-refractivity contribution is 8.14. The van der Waals surface area contributed by atoms with Crippen molar-refractivity contribution in [3.8, 4) is 23.0 Å². The topological polar surface area (TPSA) is 210 Å². The molecule has 344 valence electrons. The van der Waals surface area contributed by atoms with E-state index >= 15 is 0 Å². The van der Waals surface area contributed by atoms with Gasteiger partial charge in [-0.15, -0.1) is 0 Å². The van der Waals surface area contributed by atoms with Gasteiger partial charge in [0.15, 0.2) is 0 Å². The molecule has 0 fully saturated rings. The first-order chi connectivity index (χ1) is 31.5. The lowest BCUT2D eigenvalue weighted by molar-refractivity contribution is -0.170. The molecular weight excluding hydrogens is 925 g/mol. The highest BCUT2D eigenvalue weighted by Crippen LogP contribution is 2.25. The van der Waals surface area contributed by atoms with E-state index in [0.717, 1.165) is 47.0 Å². The first-order valence-corrected chi connectivity index (χ1v) is 23.6. The van der Waals surface area contributed by atoms with Crippen LogP contribution in [0.2, 0.25) is 0 Å². The zero-order chi connectivity index (χ0) is 46.5. The lowest BCUT2D eigenvalue weighted by atomic mass is 9.92. The molecule has 0 N–H and O–H groups in total. The Labute approximate surface area is 391 Å². The number of hydrogen-bond acceptors (Lipinski definition) is 20. The average molecular weight is 969 g/mol. The van der Waals surface area contributed by atoms with Crippen molar-refractivity contribution in [1.29, 1.82) is 0 Å². The summed E-state index contributed by atoms with van der Waals surface area (Å²) in [5.74, 6) is -2.05. The fraction of sp³-hybridized carbons (Fsp3) is 0.289. The molecule has 0 radical (unpaired) electrons. The number of esters is 4. The van der Waals surface area contributed by atoms with Crippen LogP contribution in [0.5, 0.6) is 23.0 Å². The third-order valence-electron chi connectivity index (χ3n) is 8.04. The summed E-state index contributed by atoms with van der Waals surface area (Å²) in [5, 5.41) is -2.63. The predicted octanol–water partition coefficient (Wildman–Crippen LogP) is 9.43. The van der Waals surface area contributed by atoms with Gasteiger partial charge in [-0.05, 0) is 95.6 Å². The maximum absolute atomic E-state index is 13.0. The van der Waals surface area contributed by atoms with E-state index in [0.29, 0.717) is 23.0 Å². The lowest BCUT2D eigenvalue weighted by Gasteiger charge is -2.31. The Kier molecular flexibility index (Phi) is 23.4. The van der Waals surface area contributed by atoms with Gasteiger partial charge in [0.2, 0.25) is 0 Å². The molecule has 4 aromatic carbocycles. The normalized spacial score (nSPS) is 10.7. The standard InChI is InChI=1S/C45H44O16S4/c46-37(21-25-62-41(50)58-33-13-5-1-6-14-33)54-29-45(30-55-38(47)22-26-63-42(51)59-34-15-7-2-8-16-34,31-56-39(48)23-27-64-43(52)60-35-17-9-3-10-18-35)32-57-40(49)24-28-65-44(53)61-36-19-11-4-12-20-36/h1-20H,21-32H2. The highest BCUT2D eigenvalue weighted by atomic mass is 32.2. The predicted molar refractivity (Wildman–Crippen MR) is 244 cm³/mol. The third-order valence-corrected chi connectivity index (χ3v) is 10.9. The molecule has 0 aromatic heterocycles. The minimum Gasteiger partial charge on any atom is -0.465 e. The van der Waals surface area contributed by atoms with Gasteiger partial charge in [0.1, 0.15) is 54.8 Å². The van der Waals surface area contributed by atoms with Crippen molar-refractivity contribution in [2.75, 3.05) is 49.4 Å². The highest BCUT2D eigenvalue weighted by Gasteiger charge is 2.38. The summed E-state index contributed by atoms with van der Waals surface area (Å²) in [5.41, 5.74) is -1.69. The number of rotatable bonds is 24. The molecule has 0 unspecified atom stereocenters. The summed E-state index contributed by atoms with van der Waals surface area (Å²) in [6.45, 7) is -2.42. The molecule has 0 saturated carbocycles. The van der Waals surface area contributed by atoms with Crippen LogP contribution in [-0.4, -0.2) is 94.5 Å². The summed E-state index contributed by atoms with van der Waals surface area (Å²) in [7, 11) is 0. The molecule has 0 saturated heterocycles. The average Bonchev–Trinajstić information content (AvgIpc) is 3.30. The van der Waals surface area contributed by atoms with Crippen molar-refractivity contribution in [3.05, 3.63) is 121 Å². The van der Waals surface area contributed by atoms with Gasteiger partial charge in [-0.3, -0.25) is 19.2 Å². The van der Waals surface area contributed by atoms with Crippen molar-refractivity contribution in [2.45, 2.75) is 25.7 Å². The molecule has 0 aliphatic heterocycles. The van der Waals surface area contributed by atoms with Crippen molar-refractivity contribution >= 4 is 92.1 Å². The van der Waals surface area contributed by atoms with Crippen LogP contribution in [0.25, 0.3) is 0 Å². The first-order valence-electron chi connectivity index (χ1n) is 19.7. The second-order valence-corrected chi connectivity index (χ2v) is 17.3. The Balaban J connectivity index is 1.39. The van der Waals surface area contributed by atoms with Crippen molar-refractivity contribution in [2.24, 2.45) is 5.41 Å². The fourth-order valence-electron chi connectivity index (χ4n) is 4.80. The molecule has 4 rings (SSSR count). The molecule has 0 aliphatic rings. The van der Waals surface area contributed by atoms with E-state index < -0.39 is 76.9 Å². The van der Waals surface area contributed by atoms with Gasteiger partial charge in [0.05, 0.1) is 25.7 Å². The molecule has 0 aliphatic carbocycles. The van der Waals surface area contributed by atoms with Crippen molar-refractivity contribution < 1.29 is 76.3 Å². The molecule has 65 heavy (non-hydrogen) atoms. The van der Waals surface area contributed by atoms with E-state index in [4.69, 9.17) is 37.9 Å². The zero-order valence-electron chi connectivity index (χ0n) is 34.7.